The fourth-order valence-corrected chi connectivity index (χ4v) is 3.19. The Kier molecular flexibility index (Phi) is 6.45. The van der Waals surface area contributed by atoms with Crippen LogP contribution >= 0.6 is 12.4 Å². The third kappa shape index (κ3) is 4.14. The molecule has 0 radical (unpaired) electrons. The van der Waals surface area contributed by atoms with Gasteiger partial charge in [0, 0.05) is 12.0 Å². The van der Waals surface area contributed by atoms with Gasteiger partial charge in [0.2, 0.25) is 0 Å². The number of halogens is 1. The number of hydrogen-bond acceptors (Lipinski definition) is 4. The van der Waals surface area contributed by atoms with Gasteiger partial charge in [-0.15, -0.1) is 12.4 Å². The summed E-state index contributed by atoms with van der Waals surface area (Å²) in [7, 11) is 1.64. The van der Waals surface area contributed by atoms with Gasteiger partial charge in [-0.05, 0) is 30.2 Å². The van der Waals surface area contributed by atoms with Crippen LogP contribution in [0.1, 0.15) is 37.1 Å². The van der Waals surface area contributed by atoms with Crippen LogP contribution in [-0.2, 0) is 9.53 Å². The van der Waals surface area contributed by atoms with Gasteiger partial charge in [0.05, 0.1) is 7.11 Å². The molecule has 2 aromatic rings. The highest BCUT2D eigenvalue weighted by Crippen LogP contribution is 2.36. The van der Waals surface area contributed by atoms with Gasteiger partial charge in [0.15, 0.2) is 0 Å². The maximum absolute atomic E-state index is 12.3. The predicted molar refractivity (Wildman–Crippen MR) is 100 cm³/mol. The van der Waals surface area contributed by atoms with E-state index < -0.39 is 0 Å². The van der Waals surface area contributed by atoms with Gasteiger partial charge in [-0.25, -0.2) is 0 Å². The monoisotopic (exact) mass is 361 g/mol. The molecular weight excluding hydrogens is 338 g/mol. The summed E-state index contributed by atoms with van der Waals surface area (Å²) in [5.41, 5.74) is 2.15. The second-order valence-corrected chi connectivity index (χ2v) is 6.27. The second kappa shape index (κ2) is 8.37. The van der Waals surface area contributed by atoms with Crippen LogP contribution in [-0.4, -0.2) is 19.1 Å². The average molecular weight is 362 g/mol. The van der Waals surface area contributed by atoms with Crippen LogP contribution < -0.4 is 10.1 Å². The summed E-state index contributed by atoms with van der Waals surface area (Å²) in [6, 6.07) is 17.6. The van der Waals surface area contributed by atoms with Gasteiger partial charge in [-0.1, -0.05) is 49.4 Å². The fourth-order valence-electron chi connectivity index (χ4n) is 3.19. The van der Waals surface area contributed by atoms with Crippen molar-refractivity contribution in [2.24, 2.45) is 5.92 Å². The molecule has 0 amide bonds. The van der Waals surface area contributed by atoms with Crippen molar-refractivity contribution in [1.82, 2.24) is 5.32 Å². The molecule has 0 bridgehead atoms. The van der Waals surface area contributed by atoms with Gasteiger partial charge in [-0.2, -0.15) is 0 Å². The van der Waals surface area contributed by atoms with Crippen molar-refractivity contribution in [3.63, 3.8) is 0 Å². The van der Waals surface area contributed by atoms with E-state index in [2.05, 4.69) is 31.3 Å². The topological polar surface area (TPSA) is 47.6 Å². The van der Waals surface area contributed by atoms with E-state index in [4.69, 9.17) is 9.47 Å². The highest BCUT2D eigenvalue weighted by Gasteiger charge is 2.43. The van der Waals surface area contributed by atoms with Crippen molar-refractivity contribution in [2.75, 3.05) is 7.11 Å². The Morgan fingerprint density at radius 1 is 1.08 bits per heavy atom. The molecule has 1 N–H and O–H groups in total. The Balaban J connectivity index is 0.00000225. The maximum atomic E-state index is 12.3. The van der Waals surface area contributed by atoms with Crippen LogP contribution in [0.5, 0.6) is 5.75 Å². The van der Waals surface area contributed by atoms with Crippen molar-refractivity contribution in [3.05, 3.63) is 65.7 Å². The maximum Gasteiger partial charge on any atom is 0.324 e. The summed E-state index contributed by atoms with van der Waals surface area (Å²) in [6.45, 7) is 4.12. The van der Waals surface area contributed by atoms with Crippen molar-refractivity contribution >= 4 is 18.4 Å². The van der Waals surface area contributed by atoms with Crippen molar-refractivity contribution in [1.29, 1.82) is 0 Å². The van der Waals surface area contributed by atoms with E-state index in [1.807, 2.05) is 42.5 Å². The van der Waals surface area contributed by atoms with Gasteiger partial charge >= 0.3 is 5.97 Å². The zero-order valence-corrected chi connectivity index (χ0v) is 15.5. The highest BCUT2D eigenvalue weighted by molar-refractivity contribution is 5.85. The van der Waals surface area contributed by atoms with E-state index in [0.717, 1.165) is 16.9 Å². The SMILES string of the molecule is COc1ccc([C@H]2OC(=O)[C@@H](N[C@@H](C)c3ccccc3)[C@H]2C)cc1.Cl. The number of esters is 1. The van der Waals surface area contributed by atoms with Crippen molar-refractivity contribution in [3.8, 4) is 5.75 Å². The van der Waals surface area contributed by atoms with Crippen LogP contribution in [0.15, 0.2) is 54.6 Å². The first-order valence-electron chi connectivity index (χ1n) is 8.25. The molecule has 5 heteroatoms. The Morgan fingerprint density at radius 2 is 1.72 bits per heavy atom. The summed E-state index contributed by atoms with van der Waals surface area (Å²) in [5, 5.41) is 3.42. The van der Waals surface area contributed by atoms with E-state index in [9.17, 15) is 4.79 Å². The molecule has 25 heavy (non-hydrogen) atoms. The van der Waals surface area contributed by atoms with E-state index >= 15 is 0 Å². The van der Waals surface area contributed by atoms with E-state index in [1.165, 1.54) is 0 Å². The standard InChI is InChI=1S/C20H23NO3.ClH/c1-13-18(21-14(2)15-7-5-4-6-8-15)20(22)24-19(13)16-9-11-17(23-3)12-10-16;/h4-14,18-19,21H,1-3H3;1H/t13-,14+,18+,19+;/m1./s1. The predicted octanol–water partition coefficient (Wildman–Crippen LogP) is 4.07. The molecule has 4 atom stereocenters. The quantitative estimate of drug-likeness (QED) is 0.815. The molecular formula is C20H24ClNO3. The lowest BCUT2D eigenvalue weighted by atomic mass is 9.92. The van der Waals surface area contributed by atoms with E-state index in [0.29, 0.717) is 0 Å². The number of rotatable bonds is 5. The molecule has 2 aromatic carbocycles. The zero-order chi connectivity index (χ0) is 17.1. The van der Waals surface area contributed by atoms with Crippen molar-refractivity contribution < 1.29 is 14.3 Å². The van der Waals surface area contributed by atoms with Gasteiger partial charge in [0.25, 0.3) is 0 Å². The molecule has 134 valence electrons. The molecule has 0 unspecified atom stereocenters. The third-order valence-electron chi connectivity index (χ3n) is 4.67. The number of hydrogen-bond donors (Lipinski definition) is 1. The summed E-state index contributed by atoms with van der Waals surface area (Å²) in [6.07, 6.45) is -0.233. The molecule has 0 spiro atoms. The van der Waals surface area contributed by atoms with Crippen LogP contribution in [0.3, 0.4) is 0 Å². The van der Waals surface area contributed by atoms with E-state index in [1.54, 1.807) is 7.11 Å². The summed E-state index contributed by atoms with van der Waals surface area (Å²) >= 11 is 0. The Bertz CT molecular complexity index is 690. The number of nitrogens with one attached hydrogen (secondary N) is 1. The molecule has 3 rings (SSSR count). The molecule has 0 saturated carbocycles. The average Bonchev–Trinajstić information content (AvgIpc) is 2.90. The minimum absolute atomic E-state index is 0. The first kappa shape index (κ1) is 19.3. The van der Waals surface area contributed by atoms with Crippen molar-refractivity contribution in [2.45, 2.75) is 32.0 Å². The number of cyclic esters (lactones) is 1. The molecule has 1 fully saturated rings. The summed E-state index contributed by atoms with van der Waals surface area (Å²) in [4.78, 5) is 12.3. The van der Waals surface area contributed by atoms with E-state index in [-0.39, 0.29) is 42.5 Å². The minimum Gasteiger partial charge on any atom is -0.497 e. The lowest BCUT2D eigenvalue weighted by Gasteiger charge is -2.21. The zero-order valence-electron chi connectivity index (χ0n) is 14.6. The Labute approximate surface area is 154 Å². The van der Waals surface area contributed by atoms with Crippen LogP contribution in [0.25, 0.3) is 0 Å². The first-order chi connectivity index (χ1) is 11.6. The third-order valence-corrected chi connectivity index (χ3v) is 4.67. The molecule has 1 aliphatic rings. The second-order valence-electron chi connectivity index (χ2n) is 6.27. The number of methoxy groups -OCH3 is 1. The lowest BCUT2D eigenvalue weighted by Crippen LogP contribution is -2.39. The minimum atomic E-state index is -0.313. The molecule has 1 saturated heterocycles. The molecule has 1 aliphatic heterocycles. The van der Waals surface area contributed by atoms with Gasteiger partial charge in [0.1, 0.15) is 17.9 Å². The molecule has 0 aliphatic carbocycles. The number of benzene rings is 2. The number of carbonyl (C=O) groups excluding carboxylic acids is 1. The van der Waals surface area contributed by atoms with Crippen LogP contribution in [0.4, 0.5) is 0 Å². The Hall–Kier alpha value is -2.04. The van der Waals surface area contributed by atoms with Crippen LogP contribution in [0, 0.1) is 5.92 Å². The smallest absolute Gasteiger partial charge is 0.324 e. The highest BCUT2D eigenvalue weighted by atomic mass is 35.5. The largest absolute Gasteiger partial charge is 0.497 e. The summed E-state index contributed by atoms with van der Waals surface area (Å²) in [5.74, 6) is 0.659. The molecule has 4 nitrogen and oxygen atoms in total. The number of carbonyl (C=O) groups is 1. The summed E-state index contributed by atoms with van der Waals surface area (Å²) < 4.78 is 10.8. The molecule has 1 heterocycles. The first-order valence-corrected chi connectivity index (χ1v) is 8.25. The van der Waals surface area contributed by atoms with Gasteiger partial charge < -0.3 is 9.47 Å². The van der Waals surface area contributed by atoms with Crippen LogP contribution in [0.2, 0.25) is 0 Å². The lowest BCUT2D eigenvalue weighted by molar-refractivity contribution is -0.143. The normalized spacial score (nSPS) is 23.5. The molecule has 0 aromatic heterocycles. The Morgan fingerprint density at radius 3 is 2.32 bits per heavy atom. The fraction of sp³-hybridized carbons (Fsp3) is 0.350. The van der Waals surface area contributed by atoms with Gasteiger partial charge in [-0.3, -0.25) is 10.1 Å². The number of ether oxygens (including phenoxy) is 2.